The first-order valence-corrected chi connectivity index (χ1v) is 7.75. The summed E-state index contributed by atoms with van der Waals surface area (Å²) >= 11 is 0. The van der Waals surface area contributed by atoms with Gasteiger partial charge in [-0.15, -0.1) is 0 Å². The van der Waals surface area contributed by atoms with Crippen molar-refractivity contribution < 1.29 is 4.74 Å². The monoisotopic (exact) mass is 253 g/mol. The van der Waals surface area contributed by atoms with Crippen LogP contribution in [0, 0.1) is 5.92 Å². The molecule has 1 saturated carbocycles. The molecule has 3 unspecified atom stereocenters. The summed E-state index contributed by atoms with van der Waals surface area (Å²) in [6.07, 6.45) is 8.00. The van der Waals surface area contributed by atoms with Crippen LogP contribution in [0.2, 0.25) is 0 Å². The maximum absolute atomic E-state index is 6.18. The van der Waals surface area contributed by atoms with Crippen molar-refractivity contribution in [2.75, 3.05) is 0 Å². The maximum atomic E-state index is 6.18. The fraction of sp³-hybridized carbons (Fsp3) is 1.00. The summed E-state index contributed by atoms with van der Waals surface area (Å²) in [5.41, 5.74) is 0.000603. The minimum absolute atomic E-state index is 0.0264. The van der Waals surface area contributed by atoms with E-state index in [1.807, 2.05) is 0 Å². The van der Waals surface area contributed by atoms with Crippen LogP contribution in [0.3, 0.4) is 0 Å². The molecule has 0 bridgehead atoms. The second kappa shape index (κ2) is 5.13. The molecule has 1 N–H and O–H groups in total. The first kappa shape index (κ1) is 14.3. The minimum atomic E-state index is -0.0264. The molecule has 1 heterocycles. The molecule has 1 aliphatic heterocycles. The average molecular weight is 253 g/mol. The normalized spacial score (nSPS) is 39.5. The van der Waals surface area contributed by atoms with Crippen molar-refractivity contribution in [2.24, 2.45) is 5.92 Å². The highest BCUT2D eigenvalue weighted by Gasteiger charge is 2.46. The minimum Gasteiger partial charge on any atom is -0.368 e. The van der Waals surface area contributed by atoms with E-state index in [0.29, 0.717) is 12.1 Å². The zero-order valence-electron chi connectivity index (χ0n) is 12.9. The van der Waals surface area contributed by atoms with Crippen LogP contribution in [0.5, 0.6) is 0 Å². The van der Waals surface area contributed by atoms with Crippen molar-refractivity contribution in [3.8, 4) is 0 Å². The van der Waals surface area contributed by atoms with Crippen LogP contribution < -0.4 is 5.32 Å². The zero-order chi connectivity index (χ0) is 13.4. The van der Waals surface area contributed by atoms with Gasteiger partial charge in [0.05, 0.1) is 11.2 Å². The Morgan fingerprint density at radius 2 is 1.72 bits per heavy atom. The molecule has 2 nitrogen and oxygen atoms in total. The van der Waals surface area contributed by atoms with E-state index >= 15 is 0 Å². The van der Waals surface area contributed by atoms with Crippen LogP contribution in [0.4, 0.5) is 0 Å². The van der Waals surface area contributed by atoms with E-state index in [9.17, 15) is 0 Å². The first-order chi connectivity index (χ1) is 8.28. The summed E-state index contributed by atoms with van der Waals surface area (Å²) in [5.74, 6) is 0.918. The fourth-order valence-electron chi connectivity index (χ4n) is 3.76. The van der Waals surface area contributed by atoms with E-state index in [-0.39, 0.29) is 11.2 Å². The van der Waals surface area contributed by atoms with Crippen molar-refractivity contribution in [2.45, 2.75) is 96.4 Å². The molecule has 0 spiro atoms. The molecule has 1 saturated heterocycles. The molecule has 18 heavy (non-hydrogen) atoms. The lowest BCUT2D eigenvalue weighted by atomic mass is 9.93. The van der Waals surface area contributed by atoms with Crippen molar-refractivity contribution in [3.05, 3.63) is 0 Å². The van der Waals surface area contributed by atoms with Gasteiger partial charge in [0.2, 0.25) is 0 Å². The third-order valence-electron chi connectivity index (χ3n) is 4.77. The Kier molecular flexibility index (Phi) is 4.08. The van der Waals surface area contributed by atoms with Gasteiger partial charge in [-0.05, 0) is 59.3 Å². The highest BCUT2D eigenvalue weighted by Crippen LogP contribution is 2.38. The van der Waals surface area contributed by atoms with Crippen LogP contribution in [-0.2, 0) is 4.74 Å². The molecule has 2 aliphatic rings. The molecule has 2 rings (SSSR count). The standard InChI is InChI=1S/C16H31NO/c1-12-7-6-8-13(10-9-12)17-14-11-15(2,3)18-16(14,4)5/h12-14,17H,6-11H2,1-5H3. The summed E-state index contributed by atoms with van der Waals surface area (Å²) in [6.45, 7) is 11.3. The lowest BCUT2D eigenvalue weighted by molar-refractivity contribution is -0.0705. The van der Waals surface area contributed by atoms with Gasteiger partial charge in [-0.25, -0.2) is 0 Å². The lowest BCUT2D eigenvalue weighted by Crippen LogP contribution is -2.47. The van der Waals surface area contributed by atoms with Crippen molar-refractivity contribution in [1.82, 2.24) is 5.32 Å². The van der Waals surface area contributed by atoms with Gasteiger partial charge in [-0.3, -0.25) is 0 Å². The van der Waals surface area contributed by atoms with Gasteiger partial charge in [0.25, 0.3) is 0 Å². The van der Waals surface area contributed by atoms with Gasteiger partial charge < -0.3 is 10.1 Å². The summed E-state index contributed by atoms with van der Waals surface area (Å²) in [4.78, 5) is 0. The molecular formula is C16H31NO. The Morgan fingerprint density at radius 1 is 1.00 bits per heavy atom. The van der Waals surface area contributed by atoms with Crippen LogP contribution in [0.25, 0.3) is 0 Å². The fourth-order valence-corrected chi connectivity index (χ4v) is 3.76. The van der Waals surface area contributed by atoms with E-state index in [2.05, 4.69) is 39.9 Å². The number of nitrogens with one attached hydrogen (secondary N) is 1. The Labute approximate surface area is 113 Å². The summed E-state index contributed by atoms with van der Waals surface area (Å²) in [5, 5.41) is 3.90. The Morgan fingerprint density at radius 3 is 2.33 bits per heavy atom. The Hall–Kier alpha value is -0.0800. The van der Waals surface area contributed by atoms with Crippen molar-refractivity contribution >= 4 is 0 Å². The molecule has 0 aromatic heterocycles. The summed E-state index contributed by atoms with van der Waals surface area (Å²) in [7, 11) is 0. The molecular weight excluding hydrogens is 222 g/mol. The highest BCUT2D eigenvalue weighted by molar-refractivity contribution is 5.00. The van der Waals surface area contributed by atoms with E-state index in [1.54, 1.807) is 0 Å². The predicted molar refractivity (Wildman–Crippen MR) is 76.8 cm³/mol. The second-order valence-corrected chi connectivity index (χ2v) is 7.70. The molecule has 3 atom stereocenters. The third kappa shape index (κ3) is 3.48. The molecule has 2 heteroatoms. The van der Waals surface area contributed by atoms with Gasteiger partial charge in [-0.1, -0.05) is 19.8 Å². The molecule has 0 amide bonds. The molecule has 0 aromatic carbocycles. The summed E-state index contributed by atoms with van der Waals surface area (Å²) in [6, 6.07) is 1.21. The molecule has 2 fully saturated rings. The molecule has 0 aromatic rings. The zero-order valence-corrected chi connectivity index (χ0v) is 12.9. The van der Waals surface area contributed by atoms with Crippen LogP contribution >= 0.6 is 0 Å². The number of hydrogen-bond acceptors (Lipinski definition) is 2. The smallest absolute Gasteiger partial charge is 0.0787 e. The summed E-state index contributed by atoms with van der Waals surface area (Å²) < 4.78 is 6.18. The first-order valence-electron chi connectivity index (χ1n) is 7.75. The van der Waals surface area contributed by atoms with Gasteiger partial charge in [0, 0.05) is 12.1 Å². The van der Waals surface area contributed by atoms with Crippen LogP contribution in [0.1, 0.15) is 73.1 Å². The van der Waals surface area contributed by atoms with Crippen LogP contribution in [-0.4, -0.2) is 23.3 Å². The topological polar surface area (TPSA) is 21.3 Å². The third-order valence-corrected chi connectivity index (χ3v) is 4.77. The van der Waals surface area contributed by atoms with Crippen molar-refractivity contribution in [3.63, 3.8) is 0 Å². The molecule has 1 aliphatic carbocycles. The predicted octanol–water partition coefficient (Wildman–Crippen LogP) is 3.89. The van der Waals surface area contributed by atoms with E-state index < -0.39 is 0 Å². The number of ether oxygens (including phenoxy) is 1. The maximum Gasteiger partial charge on any atom is 0.0787 e. The van der Waals surface area contributed by atoms with Gasteiger partial charge in [0.15, 0.2) is 0 Å². The van der Waals surface area contributed by atoms with Gasteiger partial charge >= 0.3 is 0 Å². The average Bonchev–Trinajstić information content (AvgIpc) is 2.37. The molecule has 0 radical (unpaired) electrons. The Bertz CT molecular complexity index is 285. The van der Waals surface area contributed by atoms with Gasteiger partial charge in [-0.2, -0.15) is 0 Å². The Balaban J connectivity index is 1.92. The SMILES string of the molecule is CC1CCCC(NC2CC(C)(C)OC2(C)C)CC1. The van der Waals surface area contributed by atoms with Crippen LogP contribution in [0.15, 0.2) is 0 Å². The van der Waals surface area contributed by atoms with E-state index in [4.69, 9.17) is 4.74 Å². The second-order valence-electron chi connectivity index (χ2n) is 7.70. The lowest BCUT2D eigenvalue weighted by Gasteiger charge is -2.31. The largest absolute Gasteiger partial charge is 0.368 e. The van der Waals surface area contributed by atoms with Crippen molar-refractivity contribution in [1.29, 1.82) is 0 Å². The molecule has 106 valence electrons. The highest BCUT2D eigenvalue weighted by atomic mass is 16.5. The number of rotatable bonds is 2. The van der Waals surface area contributed by atoms with E-state index in [0.717, 1.165) is 12.3 Å². The quantitative estimate of drug-likeness (QED) is 0.754. The van der Waals surface area contributed by atoms with Gasteiger partial charge in [0.1, 0.15) is 0 Å². The van der Waals surface area contributed by atoms with E-state index in [1.165, 1.54) is 32.1 Å². The number of hydrogen-bond donors (Lipinski definition) is 1.